The second-order valence-electron chi connectivity index (χ2n) is 19.4. The minimum Gasteiger partial charge on any atom is -0.0993 e. The van der Waals surface area contributed by atoms with Crippen molar-refractivity contribution < 1.29 is 0 Å². The SMILES string of the molecule is C=C(CC(C)(C)C(C)(C)CC(C)(C)C(C)(C)CCC(CCCCCCCCCC)CCCCCCCCCCCC)C(C)(C)CC. The van der Waals surface area contributed by atoms with Crippen LogP contribution in [0, 0.1) is 33.0 Å². The molecule has 0 aromatic heterocycles. The van der Waals surface area contributed by atoms with Gasteiger partial charge in [-0.25, -0.2) is 0 Å². The Kier molecular flexibility index (Phi) is 23.1. The minimum atomic E-state index is 0.221. The van der Waals surface area contributed by atoms with Crippen LogP contribution in [0.5, 0.6) is 0 Å². The molecule has 0 aromatic rings. The van der Waals surface area contributed by atoms with Crippen molar-refractivity contribution in [1.82, 2.24) is 0 Å². The average Bonchev–Trinajstić information content (AvgIpc) is 2.96. The Bertz CT molecular complexity index is 744. The quantitative estimate of drug-likeness (QED) is 0.0520. The van der Waals surface area contributed by atoms with Crippen LogP contribution in [0.25, 0.3) is 0 Å². The van der Waals surface area contributed by atoms with Crippen molar-refractivity contribution in [2.75, 3.05) is 0 Å². The highest BCUT2D eigenvalue weighted by Gasteiger charge is 2.46. The van der Waals surface area contributed by atoms with Gasteiger partial charge in [-0.15, -0.1) is 0 Å². The monoisotopic (exact) mass is 645 g/mol. The van der Waals surface area contributed by atoms with Crippen LogP contribution in [0.4, 0.5) is 0 Å². The van der Waals surface area contributed by atoms with Gasteiger partial charge in [0.1, 0.15) is 0 Å². The molecule has 0 amide bonds. The van der Waals surface area contributed by atoms with Crippen LogP contribution in [0.3, 0.4) is 0 Å². The lowest BCUT2D eigenvalue weighted by molar-refractivity contribution is -0.0133. The molecule has 0 saturated heterocycles. The Morgan fingerprint density at radius 3 is 1.15 bits per heavy atom. The van der Waals surface area contributed by atoms with Crippen LogP contribution in [-0.2, 0) is 0 Å². The molecule has 0 rings (SSSR count). The number of unbranched alkanes of at least 4 members (excludes halogenated alkanes) is 16. The normalized spacial score (nSPS) is 14.2. The Hall–Kier alpha value is -0.260. The third kappa shape index (κ3) is 18.5. The van der Waals surface area contributed by atoms with Gasteiger partial charge in [-0.1, -0.05) is 231 Å². The standard InChI is InChI=1S/C46H92/c1-15-18-20-22-24-26-27-29-31-33-35-41(34-32-30-28-25-23-21-19-16-2)36-37-43(7,8)45(11,12)39-46(13,14)44(9,10)38-40(4)42(5,6)17-3/h41H,4,15-39H2,1-3,5-14H3. The van der Waals surface area contributed by atoms with Gasteiger partial charge in [-0.2, -0.15) is 0 Å². The zero-order valence-corrected chi connectivity index (χ0v) is 35.0. The van der Waals surface area contributed by atoms with E-state index in [9.17, 15) is 0 Å². The van der Waals surface area contributed by atoms with Crippen LogP contribution >= 0.6 is 0 Å². The van der Waals surface area contributed by atoms with E-state index in [2.05, 4.69) is 96.6 Å². The molecule has 0 fully saturated rings. The molecule has 0 spiro atoms. The fourth-order valence-electron chi connectivity index (χ4n) is 7.67. The van der Waals surface area contributed by atoms with E-state index < -0.39 is 0 Å². The third-order valence-electron chi connectivity index (χ3n) is 13.7. The van der Waals surface area contributed by atoms with Gasteiger partial charge in [0.15, 0.2) is 0 Å². The van der Waals surface area contributed by atoms with E-state index in [0.717, 1.165) is 12.3 Å². The van der Waals surface area contributed by atoms with Gasteiger partial charge in [0.25, 0.3) is 0 Å². The van der Waals surface area contributed by atoms with Gasteiger partial charge in [-0.3, -0.25) is 0 Å². The summed E-state index contributed by atoms with van der Waals surface area (Å²) in [7, 11) is 0. The van der Waals surface area contributed by atoms with Crippen molar-refractivity contribution in [3.05, 3.63) is 12.2 Å². The molecule has 46 heavy (non-hydrogen) atoms. The summed E-state index contributed by atoms with van der Waals surface area (Å²) in [4.78, 5) is 0. The lowest BCUT2D eigenvalue weighted by Gasteiger charge is -2.52. The summed E-state index contributed by atoms with van der Waals surface area (Å²) >= 11 is 0. The molecule has 0 radical (unpaired) electrons. The molecule has 0 aliphatic rings. The summed E-state index contributed by atoms with van der Waals surface area (Å²) in [5.41, 5.74) is 2.73. The lowest BCUT2D eigenvalue weighted by atomic mass is 9.53. The molecule has 0 nitrogen and oxygen atoms in total. The van der Waals surface area contributed by atoms with E-state index in [1.807, 2.05) is 0 Å². The van der Waals surface area contributed by atoms with Gasteiger partial charge in [0, 0.05) is 0 Å². The molecule has 0 aliphatic heterocycles. The van der Waals surface area contributed by atoms with Crippen molar-refractivity contribution in [3.63, 3.8) is 0 Å². The van der Waals surface area contributed by atoms with Crippen LogP contribution < -0.4 is 0 Å². The highest BCUT2D eigenvalue weighted by atomic mass is 14.5. The largest absolute Gasteiger partial charge is 0.0993 e. The first-order chi connectivity index (χ1) is 21.4. The van der Waals surface area contributed by atoms with Crippen LogP contribution in [-0.4, -0.2) is 0 Å². The maximum atomic E-state index is 4.60. The lowest BCUT2D eigenvalue weighted by Crippen LogP contribution is -2.43. The highest BCUT2D eigenvalue weighted by molar-refractivity contribution is 5.11. The van der Waals surface area contributed by atoms with Crippen molar-refractivity contribution >= 4 is 0 Å². The second-order valence-corrected chi connectivity index (χ2v) is 19.4. The maximum absolute atomic E-state index is 4.60. The molecule has 276 valence electrons. The van der Waals surface area contributed by atoms with E-state index in [0.29, 0.717) is 5.41 Å². The van der Waals surface area contributed by atoms with Crippen molar-refractivity contribution in [2.24, 2.45) is 33.0 Å². The van der Waals surface area contributed by atoms with Gasteiger partial charge in [0.05, 0.1) is 0 Å². The van der Waals surface area contributed by atoms with Crippen LogP contribution in [0.15, 0.2) is 12.2 Å². The summed E-state index contributed by atoms with van der Waals surface area (Å²) in [5, 5.41) is 0. The Labute approximate surface area is 294 Å². The molecule has 0 saturated carbocycles. The maximum Gasteiger partial charge on any atom is -0.0150 e. The van der Waals surface area contributed by atoms with Crippen LogP contribution in [0.1, 0.15) is 251 Å². The molecule has 0 aliphatic carbocycles. The van der Waals surface area contributed by atoms with Gasteiger partial charge in [-0.05, 0) is 65.1 Å². The molecular weight excluding hydrogens is 553 g/mol. The molecule has 0 aromatic carbocycles. The molecular formula is C46H92. The number of allylic oxidation sites excluding steroid dienone is 1. The molecule has 0 heterocycles. The number of rotatable bonds is 31. The molecule has 1 unspecified atom stereocenters. The summed E-state index contributed by atoms with van der Waals surface area (Å²) in [6.45, 7) is 36.8. The minimum absolute atomic E-state index is 0.221. The zero-order valence-electron chi connectivity index (χ0n) is 35.0. The van der Waals surface area contributed by atoms with E-state index in [1.165, 1.54) is 160 Å². The topological polar surface area (TPSA) is 0 Å². The summed E-state index contributed by atoms with van der Waals surface area (Å²) < 4.78 is 0. The second kappa shape index (κ2) is 23.2. The average molecular weight is 645 g/mol. The molecule has 1 atom stereocenters. The predicted molar refractivity (Wildman–Crippen MR) is 214 cm³/mol. The van der Waals surface area contributed by atoms with Gasteiger partial charge >= 0.3 is 0 Å². The molecule has 0 bridgehead atoms. The first kappa shape index (κ1) is 45.7. The van der Waals surface area contributed by atoms with Crippen molar-refractivity contribution in [2.45, 2.75) is 251 Å². The Morgan fingerprint density at radius 1 is 0.435 bits per heavy atom. The van der Waals surface area contributed by atoms with Crippen molar-refractivity contribution in [1.29, 1.82) is 0 Å². The first-order valence-electron chi connectivity index (χ1n) is 21.1. The molecule has 0 heteroatoms. The predicted octanol–water partition coefficient (Wildman–Crippen LogP) is 17.1. The third-order valence-corrected chi connectivity index (χ3v) is 13.7. The fraction of sp³-hybridized carbons (Fsp3) is 0.957. The fourth-order valence-corrected chi connectivity index (χ4v) is 7.67. The van der Waals surface area contributed by atoms with Crippen LogP contribution in [0.2, 0.25) is 0 Å². The van der Waals surface area contributed by atoms with Gasteiger partial charge < -0.3 is 0 Å². The molecule has 0 N–H and O–H groups in total. The first-order valence-corrected chi connectivity index (χ1v) is 21.1. The number of hydrogen-bond acceptors (Lipinski definition) is 0. The Balaban J connectivity index is 5.15. The van der Waals surface area contributed by atoms with E-state index in [-0.39, 0.29) is 21.7 Å². The van der Waals surface area contributed by atoms with E-state index >= 15 is 0 Å². The summed E-state index contributed by atoms with van der Waals surface area (Å²) in [6, 6.07) is 0. The summed E-state index contributed by atoms with van der Waals surface area (Å²) in [6.07, 6.45) is 35.3. The van der Waals surface area contributed by atoms with Crippen molar-refractivity contribution in [3.8, 4) is 0 Å². The zero-order chi connectivity index (χ0) is 35.3. The Morgan fingerprint density at radius 2 is 0.783 bits per heavy atom. The van der Waals surface area contributed by atoms with E-state index in [1.54, 1.807) is 0 Å². The van der Waals surface area contributed by atoms with E-state index in [4.69, 9.17) is 0 Å². The van der Waals surface area contributed by atoms with Gasteiger partial charge in [0.2, 0.25) is 0 Å². The highest BCUT2D eigenvalue weighted by Crippen LogP contribution is 2.56. The smallest absolute Gasteiger partial charge is 0.0150 e. The summed E-state index contributed by atoms with van der Waals surface area (Å²) in [5.74, 6) is 0.924. The number of hydrogen-bond donors (Lipinski definition) is 0.